The van der Waals surface area contributed by atoms with Crippen molar-refractivity contribution in [2.75, 3.05) is 0 Å². The number of benzene rings is 1. The van der Waals surface area contributed by atoms with Crippen LogP contribution in [-0.4, -0.2) is 13.4 Å². The maximum atomic E-state index is 13.5. The first-order valence-corrected chi connectivity index (χ1v) is 7.76. The number of nitrogens with zero attached hydrogens (tertiary/aromatic N) is 1. The van der Waals surface area contributed by atoms with Crippen molar-refractivity contribution in [3.63, 3.8) is 0 Å². The normalized spacial score (nSPS) is 11.7. The molecule has 1 aromatic carbocycles. The first-order chi connectivity index (χ1) is 7.89. The van der Waals surface area contributed by atoms with Gasteiger partial charge >= 0.3 is 0 Å². The molecule has 1 aromatic heterocycles. The maximum absolute atomic E-state index is 13.5. The molecule has 0 saturated carbocycles. The first-order valence-electron chi connectivity index (χ1n) is 4.25. The van der Waals surface area contributed by atoms with E-state index < -0.39 is 14.9 Å². The number of aromatic nitrogens is 1. The molecular weight excluding hydrogens is 308 g/mol. The Kier molecular flexibility index (Phi) is 3.40. The summed E-state index contributed by atoms with van der Waals surface area (Å²) in [6.45, 7) is 0. The number of halogens is 3. The summed E-state index contributed by atoms with van der Waals surface area (Å²) in [5.41, 5.74) is -0.0111. The summed E-state index contributed by atoms with van der Waals surface area (Å²) in [6.07, 6.45) is 0. The van der Waals surface area contributed by atoms with Crippen molar-refractivity contribution in [1.82, 2.24) is 4.98 Å². The Morgan fingerprint density at radius 3 is 2.53 bits per heavy atom. The van der Waals surface area contributed by atoms with Crippen LogP contribution in [0.1, 0.15) is 0 Å². The molecule has 0 spiro atoms. The van der Waals surface area contributed by atoms with Gasteiger partial charge in [-0.25, -0.2) is 17.8 Å². The Balaban J connectivity index is 2.73. The molecule has 3 nitrogen and oxygen atoms in total. The SMILES string of the molecule is O=S(=O)(Cl)c1sc(Cl)nc1-c1ccccc1F. The summed E-state index contributed by atoms with van der Waals surface area (Å²) >= 11 is 6.33. The summed E-state index contributed by atoms with van der Waals surface area (Å²) in [4.78, 5) is 3.79. The van der Waals surface area contributed by atoms with Crippen LogP contribution in [0.25, 0.3) is 11.3 Å². The zero-order valence-electron chi connectivity index (χ0n) is 8.02. The Hall–Kier alpha value is -0.690. The molecule has 0 bridgehead atoms. The van der Waals surface area contributed by atoms with Gasteiger partial charge in [0.25, 0.3) is 9.05 Å². The lowest BCUT2D eigenvalue weighted by atomic mass is 10.2. The van der Waals surface area contributed by atoms with Crippen molar-refractivity contribution in [2.45, 2.75) is 4.21 Å². The highest BCUT2D eigenvalue weighted by atomic mass is 35.7. The predicted octanol–water partition coefficient (Wildman–Crippen LogP) is 3.53. The van der Waals surface area contributed by atoms with Crippen LogP contribution in [-0.2, 0) is 9.05 Å². The molecule has 0 N–H and O–H groups in total. The molecule has 0 aliphatic carbocycles. The molecule has 0 fully saturated rings. The molecule has 0 unspecified atom stereocenters. The highest BCUT2D eigenvalue weighted by Crippen LogP contribution is 2.37. The molecule has 17 heavy (non-hydrogen) atoms. The van der Waals surface area contributed by atoms with Gasteiger partial charge in [0.2, 0.25) is 0 Å². The van der Waals surface area contributed by atoms with Crippen molar-refractivity contribution in [3.05, 3.63) is 34.5 Å². The van der Waals surface area contributed by atoms with Crippen LogP contribution in [0.5, 0.6) is 0 Å². The fourth-order valence-electron chi connectivity index (χ4n) is 1.27. The van der Waals surface area contributed by atoms with E-state index in [2.05, 4.69) is 4.98 Å². The summed E-state index contributed by atoms with van der Waals surface area (Å²) in [5.74, 6) is -0.587. The van der Waals surface area contributed by atoms with Gasteiger partial charge in [-0.3, -0.25) is 0 Å². The summed E-state index contributed by atoms with van der Waals surface area (Å²) in [6, 6.07) is 5.66. The van der Waals surface area contributed by atoms with Gasteiger partial charge in [0.05, 0.1) is 0 Å². The van der Waals surface area contributed by atoms with E-state index >= 15 is 0 Å². The van der Waals surface area contributed by atoms with Crippen molar-refractivity contribution in [1.29, 1.82) is 0 Å². The Morgan fingerprint density at radius 2 is 1.94 bits per heavy atom. The molecule has 0 amide bonds. The molecular formula is C9H4Cl2FNO2S2. The zero-order valence-corrected chi connectivity index (χ0v) is 11.2. The van der Waals surface area contributed by atoms with Gasteiger partial charge in [-0.1, -0.05) is 35.1 Å². The minimum atomic E-state index is -4.00. The molecule has 0 atom stereocenters. The fraction of sp³-hybridized carbons (Fsp3) is 0. The van der Waals surface area contributed by atoms with Gasteiger partial charge in [0, 0.05) is 16.2 Å². The monoisotopic (exact) mass is 311 g/mol. The van der Waals surface area contributed by atoms with Gasteiger partial charge in [-0.15, -0.1) is 0 Å². The van der Waals surface area contributed by atoms with Crippen LogP contribution in [0, 0.1) is 5.82 Å². The summed E-state index contributed by atoms with van der Waals surface area (Å²) < 4.78 is 35.9. The smallest absolute Gasteiger partial charge is 0.223 e. The third-order valence-corrected chi connectivity index (χ3v) is 5.16. The third kappa shape index (κ3) is 2.60. The van der Waals surface area contributed by atoms with Crippen LogP contribution < -0.4 is 0 Å². The van der Waals surface area contributed by atoms with Gasteiger partial charge < -0.3 is 0 Å². The van der Waals surface area contributed by atoms with Crippen LogP contribution in [0.2, 0.25) is 4.47 Å². The predicted molar refractivity (Wildman–Crippen MR) is 65.6 cm³/mol. The molecule has 8 heteroatoms. The van der Waals surface area contributed by atoms with E-state index in [1.54, 1.807) is 6.07 Å². The molecule has 0 saturated heterocycles. The van der Waals surface area contributed by atoms with Crippen molar-refractivity contribution < 1.29 is 12.8 Å². The fourth-order valence-corrected chi connectivity index (χ4v) is 3.79. The topological polar surface area (TPSA) is 47.0 Å². The molecule has 0 aliphatic rings. The highest BCUT2D eigenvalue weighted by molar-refractivity contribution is 8.15. The number of hydrogen-bond acceptors (Lipinski definition) is 4. The minimum Gasteiger partial charge on any atom is -0.223 e. The van der Waals surface area contributed by atoms with E-state index in [1.165, 1.54) is 18.2 Å². The summed E-state index contributed by atoms with van der Waals surface area (Å²) in [7, 11) is 1.24. The van der Waals surface area contributed by atoms with E-state index in [4.69, 9.17) is 22.3 Å². The Bertz CT molecular complexity index is 669. The lowest BCUT2D eigenvalue weighted by molar-refractivity contribution is 0.611. The van der Waals surface area contributed by atoms with E-state index in [0.717, 1.165) is 0 Å². The molecule has 2 rings (SSSR count). The first kappa shape index (κ1) is 12.8. The van der Waals surface area contributed by atoms with Crippen molar-refractivity contribution in [2.24, 2.45) is 0 Å². The highest BCUT2D eigenvalue weighted by Gasteiger charge is 2.24. The Morgan fingerprint density at radius 1 is 1.29 bits per heavy atom. The standard InChI is InChI=1S/C9H4Cl2FNO2S2/c10-9-13-7(8(16-9)17(11,14)15)5-3-1-2-4-6(5)12/h1-4H. The lowest BCUT2D eigenvalue weighted by Crippen LogP contribution is -1.92. The van der Waals surface area contributed by atoms with Crippen LogP contribution in [0.15, 0.2) is 28.5 Å². The Labute approximate surface area is 110 Å². The van der Waals surface area contributed by atoms with E-state index in [-0.39, 0.29) is 19.9 Å². The lowest BCUT2D eigenvalue weighted by Gasteiger charge is -2.00. The number of rotatable bonds is 2. The number of thiazole rings is 1. The summed E-state index contributed by atoms with van der Waals surface area (Å²) in [5, 5.41) is 0. The number of hydrogen-bond donors (Lipinski definition) is 0. The second kappa shape index (κ2) is 4.53. The average Bonchev–Trinajstić information content (AvgIpc) is 2.60. The van der Waals surface area contributed by atoms with Crippen LogP contribution in [0.3, 0.4) is 0 Å². The average molecular weight is 312 g/mol. The zero-order chi connectivity index (χ0) is 12.6. The van der Waals surface area contributed by atoms with E-state index in [1.807, 2.05) is 0 Å². The van der Waals surface area contributed by atoms with Crippen LogP contribution in [0.4, 0.5) is 4.39 Å². The van der Waals surface area contributed by atoms with Crippen LogP contribution >= 0.6 is 33.6 Å². The second-order valence-electron chi connectivity index (χ2n) is 3.02. The molecule has 2 aromatic rings. The molecule has 0 radical (unpaired) electrons. The third-order valence-electron chi connectivity index (χ3n) is 1.92. The largest absolute Gasteiger partial charge is 0.273 e. The maximum Gasteiger partial charge on any atom is 0.273 e. The van der Waals surface area contributed by atoms with Crippen molar-refractivity contribution >= 4 is 42.7 Å². The molecule has 0 aliphatic heterocycles. The molecule has 90 valence electrons. The van der Waals surface area contributed by atoms with E-state index in [9.17, 15) is 12.8 Å². The van der Waals surface area contributed by atoms with Gasteiger partial charge in [-0.2, -0.15) is 0 Å². The minimum absolute atomic E-state index is 0.0116. The van der Waals surface area contributed by atoms with Crippen molar-refractivity contribution in [3.8, 4) is 11.3 Å². The molecule has 1 heterocycles. The van der Waals surface area contributed by atoms with Gasteiger partial charge in [0.1, 0.15) is 11.5 Å². The second-order valence-corrected chi connectivity index (χ2v) is 7.36. The van der Waals surface area contributed by atoms with E-state index in [0.29, 0.717) is 11.3 Å². The van der Waals surface area contributed by atoms with Gasteiger partial charge in [0.15, 0.2) is 8.68 Å². The quantitative estimate of drug-likeness (QED) is 0.797. The van der Waals surface area contributed by atoms with Gasteiger partial charge in [-0.05, 0) is 12.1 Å².